The third kappa shape index (κ3) is 2.69. The van der Waals surface area contributed by atoms with Crippen LogP contribution in [0.5, 0.6) is 5.75 Å². The van der Waals surface area contributed by atoms with Crippen LogP contribution in [-0.2, 0) is 6.42 Å². The van der Waals surface area contributed by atoms with Crippen molar-refractivity contribution in [1.82, 2.24) is 4.98 Å². The Morgan fingerprint density at radius 1 is 1.23 bits per heavy atom. The van der Waals surface area contributed by atoms with Gasteiger partial charge in [0.2, 0.25) is 0 Å². The molecule has 0 amide bonds. The average Bonchev–Trinajstić information content (AvgIpc) is 2.81. The molecule has 3 rings (SSSR count). The van der Waals surface area contributed by atoms with Crippen molar-refractivity contribution in [1.29, 1.82) is 0 Å². The molecule has 0 fully saturated rings. The lowest BCUT2D eigenvalue weighted by molar-refractivity contribution is 0.0690. The second kappa shape index (κ2) is 5.66. The van der Waals surface area contributed by atoms with Crippen molar-refractivity contribution in [3.05, 3.63) is 62.7 Å². The molecule has 1 heterocycles. The lowest BCUT2D eigenvalue weighted by Gasteiger charge is -2.05. The van der Waals surface area contributed by atoms with Crippen LogP contribution < -0.4 is 0 Å². The van der Waals surface area contributed by atoms with Crippen molar-refractivity contribution in [3.8, 4) is 5.75 Å². The first-order valence-electron chi connectivity index (χ1n) is 6.46. The molecule has 3 N–H and O–H groups in total. The molecule has 112 valence electrons. The zero-order chi connectivity index (χ0) is 15.9. The van der Waals surface area contributed by atoms with Gasteiger partial charge in [0.15, 0.2) is 0 Å². The van der Waals surface area contributed by atoms with Gasteiger partial charge in [0, 0.05) is 21.8 Å². The zero-order valence-electron chi connectivity index (χ0n) is 11.2. The standard InChI is InChI=1S/C16H11BrClNO3/c17-12-6-8(1-3-13(12)18)5-11-10-7-9(20)2-4-14(10)19-15(11)16(21)22/h1-4,6-7,19-20H,5H2,(H,21,22). The summed E-state index contributed by atoms with van der Waals surface area (Å²) in [5, 5.41) is 20.3. The van der Waals surface area contributed by atoms with Gasteiger partial charge in [-0.1, -0.05) is 17.7 Å². The molecule has 6 heteroatoms. The Morgan fingerprint density at radius 2 is 2.00 bits per heavy atom. The number of carbonyl (C=O) groups is 1. The van der Waals surface area contributed by atoms with E-state index in [4.69, 9.17) is 11.6 Å². The van der Waals surface area contributed by atoms with Gasteiger partial charge in [-0.25, -0.2) is 4.79 Å². The molecule has 0 unspecified atom stereocenters. The van der Waals surface area contributed by atoms with Crippen LogP contribution >= 0.6 is 27.5 Å². The Balaban J connectivity index is 2.15. The molecule has 1 aromatic heterocycles. The zero-order valence-corrected chi connectivity index (χ0v) is 13.6. The summed E-state index contributed by atoms with van der Waals surface area (Å²) >= 11 is 9.34. The Labute approximate surface area is 139 Å². The van der Waals surface area contributed by atoms with E-state index in [9.17, 15) is 15.0 Å². The normalized spacial score (nSPS) is 11.0. The highest BCUT2D eigenvalue weighted by molar-refractivity contribution is 9.10. The van der Waals surface area contributed by atoms with Crippen molar-refractivity contribution >= 4 is 44.4 Å². The molecule has 2 aromatic carbocycles. The van der Waals surface area contributed by atoms with E-state index in [1.165, 1.54) is 6.07 Å². The van der Waals surface area contributed by atoms with Crippen molar-refractivity contribution < 1.29 is 15.0 Å². The number of phenolic OH excluding ortho intramolecular Hbond substituents is 1. The molecule has 0 aliphatic heterocycles. The van der Waals surface area contributed by atoms with Gasteiger partial charge in [-0.2, -0.15) is 0 Å². The quantitative estimate of drug-likeness (QED) is 0.623. The second-order valence-corrected chi connectivity index (χ2v) is 6.20. The highest BCUT2D eigenvalue weighted by Gasteiger charge is 2.18. The van der Waals surface area contributed by atoms with Crippen LogP contribution in [0, 0.1) is 0 Å². The summed E-state index contributed by atoms with van der Waals surface area (Å²) in [4.78, 5) is 14.4. The molecule has 3 aromatic rings. The van der Waals surface area contributed by atoms with Gasteiger partial charge in [0.1, 0.15) is 11.4 Å². The maximum absolute atomic E-state index is 11.5. The number of aromatic amines is 1. The Kier molecular flexibility index (Phi) is 3.85. The topological polar surface area (TPSA) is 73.3 Å². The number of halogens is 2. The Bertz CT molecular complexity index is 888. The number of carboxylic acids is 1. The number of aromatic carboxylic acids is 1. The van der Waals surface area contributed by atoms with Crippen molar-refractivity contribution in [3.63, 3.8) is 0 Å². The van der Waals surface area contributed by atoms with Crippen LogP contribution in [0.15, 0.2) is 40.9 Å². The lowest BCUT2D eigenvalue weighted by Crippen LogP contribution is -2.02. The number of aromatic hydroxyl groups is 1. The number of phenols is 1. The Morgan fingerprint density at radius 3 is 2.68 bits per heavy atom. The summed E-state index contributed by atoms with van der Waals surface area (Å²) in [6, 6.07) is 10.2. The fraction of sp³-hybridized carbons (Fsp3) is 0.0625. The van der Waals surface area contributed by atoms with E-state index in [1.807, 2.05) is 12.1 Å². The molecule has 4 nitrogen and oxygen atoms in total. The molecule has 0 saturated heterocycles. The molecule has 0 radical (unpaired) electrons. The first kappa shape index (κ1) is 14.9. The van der Waals surface area contributed by atoms with Crippen molar-refractivity contribution in [2.75, 3.05) is 0 Å². The second-order valence-electron chi connectivity index (χ2n) is 4.94. The third-order valence-electron chi connectivity index (χ3n) is 3.47. The van der Waals surface area contributed by atoms with Gasteiger partial charge < -0.3 is 15.2 Å². The van der Waals surface area contributed by atoms with E-state index in [1.54, 1.807) is 18.2 Å². The number of fused-ring (bicyclic) bond motifs is 1. The first-order valence-corrected chi connectivity index (χ1v) is 7.63. The minimum absolute atomic E-state index is 0.0991. The minimum atomic E-state index is -1.03. The number of carboxylic acid groups (broad SMARTS) is 1. The molecular weight excluding hydrogens is 370 g/mol. The van der Waals surface area contributed by atoms with Gasteiger partial charge in [0.05, 0.1) is 5.02 Å². The summed E-state index contributed by atoms with van der Waals surface area (Å²) in [6.07, 6.45) is 0.418. The summed E-state index contributed by atoms with van der Waals surface area (Å²) in [5.41, 5.74) is 2.36. The van der Waals surface area contributed by atoms with Crippen molar-refractivity contribution in [2.45, 2.75) is 6.42 Å². The fourth-order valence-corrected chi connectivity index (χ4v) is 3.00. The monoisotopic (exact) mass is 379 g/mol. The molecule has 0 bridgehead atoms. The number of H-pyrrole nitrogens is 1. The van der Waals surface area contributed by atoms with E-state index in [0.717, 1.165) is 10.0 Å². The van der Waals surface area contributed by atoms with Gasteiger partial charge in [-0.15, -0.1) is 0 Å². The van der Waals surface area contributed by atoms with Crippen LogP contribution in [-0.4, -0.2) is 21.2 Å². The van der Waals surface area contributed by atoms with E-state index in [-0.39, 0.29) is 11.4 Å². The smallest absolute Gasteiger partial charge is 0.352 e. The molecular formula is C16H11BrClNO3. The van der Waals surface area contributed by atoms with Crippen LogP contribution in [0.2, 0.25) is 5.02 Å². The first-order chi connectivity index (χ1) is 10.5. The van der Waals surface area contributed by atoms with Crippen LogP contribution in [0.3, 0.4) is 0 Å². The molecule has 0 aliphatic rings. The highest BCUT2D eigenvalue weighted by atomic mass is 79.9. The number of hydrogen-bond acceptors (Lipinski definition) is 2. The maximum Gasteiger partial charge on any atom is 0.352 e. The van der Waals surface area contributed by atoms with Gasteiger partial charge in [-0.3, -0.25) is 0 Å². The summed E-state index contributed by atoms with van der Waals surface area (Å²) in [6.45, 7) is 0. The molecule has 0 spiro atoms. The van der Waals surface area contributed by atoms with Crippen LogP contribution in [0.25, 0.3) is 10.9 Å². The summed E-state index contributed by atoms with van der Waals surface area (Å²) < 4.78 is 0.756. The van der Waals surface area contributed by atoms with E-state index < -0.39 is 5.97 Å². The summed E-state index contributed by atoms with van der Waals surface area (Å²) in [5.74, 6) is -0.930. The number of rotatable bonds is 3. The van der Waals surface area contributed by atoms with E-state index >= 15 is 0 Å². The minimum Gasteiger partial charge on any atom is -0.508 e. The van der Waals surface area contributed by atoms with E-state index in [2.05, 4.69) is 20.9 Å². The van der Waals surface area contributed by atoms with Gasteiger partial charge in [-0.05, 0) is 57.4 Å². The fourth-order valence-electron chi connectivity index (χ4n) is 2.46. The number of nitrogens with one attached hydrogen (secondary N) is 1. The molecule has 0 saturated carbocycles. The van der Waals surface area contributed by atoms with Gasteiger partial charge in [0.25, 0.3) is 0 Å². The number of benzene rings is 2. The number of hydrogen-bond donors (Lipinski definition) is 3. The molecule has 0 aliphatic carbocycles. The summed E-state index contributed by atoms with van der Waals surface area (Å²) in [7, 11) is 0. The SMILES string of the molecule is O=C(O)c1[nH]c2ccc(O)cc2c1Cc1ccc(Cl)c(Br)c1. The number of aromatic nitrogens is 1. The van der Waals surface area contributed by atoms with Crippen LogP contribution in [0.4, 0.5) is 0 Å². The highest BCUT2D eigenvalue weighted by Crippen LogP contribution is 2.30. The van der Waals surface area contributed by atoms with Crippen molar-refractivity contribution in [2.24, 2.45) is 0 Å². The molecule has 22 heavy (non-hydrogen) atoms. The van der Waals surface area contributed by atoms with Gasteiger partial charge >= 0.3 is 5.97 Å². The molecule has 0 atom stereocenters. The maximum atomic E-state index is 11.5. The van der Waals surface area contributed by atoms with E-state index in [0.29, 0.717) is 27.9 Å². The predicted octanol–water partition coefficient (Wildman–Crippen LogP) is 4.58. The largest absolute Gasteiger partial charge is 0.508 e. The predicted molar refractivity (Wildman–Crippen MR) is 88.9 cm³/mol. The Hall–Kier alpha value is -1.98. The third-order valence-corrected chi connectivity index (χ3v) is 4.68. The lowest BCUT2D eigenvalue weighted by atomic mass is 10.0. The average molecular weight is 381 g/mol. The van der Waals surface area contributed by atoms with Crippen LogP contribution in [0.1, 0.15) is 21.6 Å².